The molecular formula is C14H18FNO. The van der Waals surface area contributed by atoms with E-state index in [0.29, 0.717) is 17.2 Å². The Balaban J connectivity index is 2.01. The van der Waals surface area contributed by atoms with Crippen molar-refractivity contribution >= 4 is 5.91 Å². The molecule has 1 aromatic carbocycles. The van der Waals surface area contributed by atoms with Gasteiger partial charge in [0.05, 0.1) is 0 Å². The van der Waals surface area contributed by atoms with Gasteiger partial charge in [-0.25, -0.2) is 4.39 Å². The predicted molar refractivity (Wildman–Crippen MR) is 65.5 cm³/mol. The van der Waals surface area contributed by atoms with Crippen LogP contribution < -0.4 is 5.32 Å². The summed E-state index contributed by atoms with van der Waals surface area (Å²) >= 11 is 0. The van der Waals surface area contributed by atoms with E-state index in [0.717, 1.165) is 12.8 Å². The fraction of sp³-hybridized carbons (Fsp3) is 0.500. The maximum Gasteiger partial charge on any atom is 0.251 e. The lowest BCUT2D eigenvalue weighted by Crippen LogP contribution is -2.36. The molecule has 1 saturated carbocycles. The molecule has 1 N–H and O–H groups in total. The fourth-order valence-corrected chi connectivity index (χ4v) is 2.30. The molecule has 0 aliphatic heterocycles. The van der Waals surface area contributed by atoms with Gasteiger partial charge in [0.15, 0.2) is 0 Å². The van der Waals surface area contributed by atoms with Crippen LogP contribution >= 0.6 is 0 Å². The van der Waals surface area contributed by atoms with Crippen LogP contribution in [0.15, 0.2) is 18.2 Å². The molecule has 0 bridgehead atoms. The van der Waals surface area contributed by atoms with E-state index in [4.69, 9.17) is 0 Å². The van der Waals surface area contributed by atoms with Gasteiger partial charge in [0, 0.05) is 11.6 Å². The summed E-state index contributed by atoms with van der Waals surface area (Å²) in [6.45, 7) is 1.67. The highest BCUT2D eigenvalue weighted by atomic mass is 19.1. The van der Waals surface area contributed by atoms with Crippen LogP contribution in [0.25, 0.3) is 0 Å². The number of carbonyl (C=O) groups is 1. The number of carbonyl (C=O) groups excluding carboxylic acids is 1. The number of aryl methyl sites for hydroxylation is 1. The van der Waals surface area contributed by atoms with E-state index in [1.807, 2.05) is 0 Å². The van der Waals surface area contributed by atoms with Gasteiger partial charge in [-0.3, -0.25) is 4.79 Å². The maximum atomic E-state index is 13.1. The minimum Gasteiger partial charge on any atom is -0.349 e. The molecule has 0 aromatic heterocycles. The molecule has 1 fully saturated rings. The Bertz CT molecular complexity index is 411. The van der Waals surface area contributed by atoms with E-state index in [1.165, 1.54) is 25.3 Å². The number of benzene rings is 1. The molecule has 0 unspecified atom stereocenters. The van der Waals surface area contributed by atoms with E-state index in [2.05, 4.69) is 5.32 Å². The Labute approximate surface area is 101 Å². The zero-order valence-electron chi connectivity index (χ0n) is 10.1. The highest BCUT2D eigenvalue weighted by molar-refractivity contribution is 5.94. The Hall–Kier alpha value is -1.38. The van der Waals surface area contributed by atoms with Crippen LogP contribution in [-0.2, 0) is 0 Å². The van der Waals surface area contributed by atoms with Crippen molar-refractivity contribution in [2.24, 2.45) is 0 Å². The zero-order valence-corrected chi connectivity index (χ0v) is 10.1. The van der Waals surface area contributed by atoms with E-state index in [9.17, 15) is 9.18 Å². The van der Waals surface area contributed by atoms with Gasteiger partial charge in [-0.05, 0) is 43.5 Å². The highest BCUT2D eigenvalue weighted by Crippen LogP contribution is 2.18. The lowest BCUT2D eigenvalue weighted by atomic mass is 9.95. The molecule has 2 rings (SSSR count). The van der Waals surface area contributed by atoms with E-state index < -0.39 is 0 Å². The van der Waals surface area contributed by atoms with Gasteiger partial charge in [-0.2, -0.15) is 0 Å². The van der Waals surface area contributed by atoms with Gasteiger partial charge in [-0.15, -0.1) is 0 Å². The minimum absolute atomic E-state index is 0.0833. The van der Waals surface area contributed by atoms with Gasteiger partial charge in [0.25, 0.3) is 5.91 Å². The largest absolute Gasteiger partial charge is 0.349 e. The molecule has 1 aliphatic carbocycles. The molecular weight excluding hydrogens is 217 g/mol. The maximum absolute atomic E-state index is 13.1. The lowest BCUT2D eigenvalue weighted by Gasteiger charge is -2.22. The number of hydrogen-bond acceptors (Lipinski definition) is 1. The summed E-state index contributed by atoms with van der Waals surface area (Å²) in [4.78, 5) is 11.9. The van der Waals surface area contributed by atoms with Crippen molar-refractivity contribution in [1.29, 1.82) is 0 Å². The highest BCUT2D eigenvalue weighted by Gasteiger charge is 2.16. The summed E-state index contributed by atoms with van der Waals surface area (Å²) in [7, 11) is 0. The molecule has 92 valence electrons. The first-order chi connectivity index (χ1) is 8.16. The number of nitrogens with one attached hydrogen (secondary N) is 1. The van der Waals surface area contributed by atoms with Gasteiger partial charge < -0.3 is 5.32 Å². The fourth-order valence-electron chi connectivity index (χ4n) is 2.30. The van der Waals surface area contributed by atoms with Crippen molar-refractivity contribution in [2.45, 2.75) is 45.1 Å². The molecule has 17 heavy (non-hydrogen) atoms. The number of amides is 1. The average molecular weight is 235 g/mol. The first-order valence-electron chi connectivity index (χ1n) is 6.24. The Morgan fingerprint density at radius 2 is 2.00 bits per heavy atom. The normalized spacial score (nSPS) is 16.8. The van der Waals surface area contributed by atoms with Crippen LogP contribution in [-0.4, -0.2) is 11.9 Å². The van der Waals surface area contributed by atoms with Crippen LogP contribution in [0.1, 0.15) is 48.0 Å². The molecule has 1 aliphatic rings. The van der Waals surface area contributed by atoms with Crippen LogP contribution in [0, 0.1) is 12.7 Å². The van der Waals surface area contributed by atoms with Crippen molar-refractivity contribution in [2.75, 3.05) is 0 Å². The van der Waals surface area contributed by atoms with Crippen LogP contribution in [0.4, 0.5) is 4.39 Å². The van der Waals surface area contributed by atoms with Crippen molar-refractivity contribution in [3.63, 3.8) is 0 Å². The third kappa shape index (κ3) is 3.05. The first-order valence-corrected chi connectivity index (χ1v) is 6.24. The summed E-state index contributed by atoms with van der Waals surface area (Å²) in [5.74, 6) is -0.348. The molecule has 3 heteroatoms. The van der Waals surface area contributed by atoms with Crippen LogP contribution in [0.5, 0.6) is 0 Å². The van der Waals surface area contributed by atoms with Crippen molar-refractivity contribution < 1.29 is 9.18 Å². The molecule has 0 saturated heterocycles. The monoisotopic (exact) mass is 235 g/mol. The van der Waals surface area contributed by atoms with Gasteiger partial charge in [0.1, 0.15) is 5.82 Å². The molecule has 0 spiro atoms. The number of halogens is 1. The first kappa shape index (κ1) is 12.1. The second-order valence-corrected chi connectivity index (χ2v) is 4.77. The van der Waals surface area contributed by atoms with Crippen molar-refractivity contribution in [3.05, 3.63) is 35.1 Å². The Morgan fingerprint density at radius 1 is 1.29 bits per heavy atom. The smallest absolute Gasteiger partial charge is 0.251 e. The molecule has 0 radical (unpaired) electrons. The summed E-state index contributed by atoms with van der Waals surface area (Å²) < 4.78 is 13.1. The van der Waals surface area contributed by atoms with E-state index >= 15 is 0 Å². The summed E-state index contributed by atoms with van der Waals surface area (Å²) in [6, 6.07) is 4.79. The summed E-state index contributed by atoms with van der Waals surface area (Å²) in [5, 5.41) is 3.02. The molecule has 0 atom stereocenters. The Morgan fingerprint density at radius 3 is 2.65 bits per heavy atom. The SMILES string of the molecule is Cc1cc(C(=O)NC2CCCCC2)ccc1F. The van der Waals surface area contributed by atoms with E-state index in [-0.39, 0.29) is 11.7 Å². The predicted octanol–water partition coefficient (Wildman–Crippen LogP) is 3.20. The summed E-state index contributed by atoms with van der Waals surface area (Å²) in [5.41, 5.74) is 1.07. The van der Waals surface area contributed by atoms with Crippen LogP contribution in [0.3, 0.4) is 0 Å². The number of hydrogen-bond donors (Lipinski definition) is 1. The quantitative estimate of drug-likeness (QED) is 0.838. The molecule has 2 nitrogen and oxygen atoms in total. The third-order valence-corrected chi connectivity index (χ3v) is 3.36. The molecule has 1 aromatic rings. The molecule has 0 heterocycles. The van der Waals surface area contributed by atoms with Gasteiger partial charge in [0.2, 0.25) is 0 Å². The second kappa shape index (κ2) is 5.30. The second-order valence-electron chi connectivity index (χ2n) is 4.77. The van der Waals surface area contributed by atoms with E-state index in [1.54, 1.807) is 19.1 Å². The Kier molecular flexibility index (Phi) is 3.77. The van der Waals surface area contributed by atoms with Crippen LogP contribution in [0.2, 0.25) is 0 Å². The third-order valence-electron chi connectivity index (χ3n) is 3.36. The van der Waals surface area contributed by atoms with Gasteiger partial charge >= 0.3 is 0 Å². The van der Waals surface area contributed by atoms with Crippen molar-refractivity contribution in [1.82, 2.24) is 5.32 Å². The van der Waals surface area contributed by atoms with Gasteiger partial charge in [-0.1, -0.05) is 19.3 Å². The molecule has 1 amide bonds. The standard InChI is InChI=1S/C14H18FNO/c1-10-9-11(7-8-13(10)15)14(17)16-12-5-3-2-4-6-12/h7-9,12H,2-6H2,1H3,(H,16,17). The average Bonchev–Trinajstić information content (AvgIpc) is 2.34. The van der Waals surface area contributed by atoms with Crippen molar-refractivity contribution in [3.8, 4) is 0 Å². The minimum atomic E-state index is -0.265. The topological polar surface area (TPSA) is 29.1 Å². The lowest BCUT2D eigenvalue weighted by molar-refractivity contribution is 0.0927. The zero-order chi connectivity index (χ0) is 12.3. The summed E-state index contributed by atoms with van der Waals surface area (Å²) in [6.07, 6.45) is 5.76. The number of rotatable bonds is 2.